The Bertz CT molecular complexity index is 567. The highest BCUT2D eigenvalue weighted by Gasteiger charge is 2.09. The summed E-state index contributed by atoms with van der Waals surface area (Å²) in [6.45, 7) is 5.30. The number of nitrogens with one attached hydrogen (secondary N) is 2. The molecule has 0 fully saturated rings. The van der Waals surface area contributed by atoms with E-state index in [4.69, 9.17) is 0 Å². The number of hydrogen-bond acceptors (Lipinski definition) is 5. The van der Waals surface area contributed by atoms with Crippen molar-refractivity contribution in [2.24, 2.45) is 0 Å². The molecule has 0 aliphatic heterocycles. The van der Waals surface area contributed by atoms with Gasteiger partial charge in [0.05, 0.1) is 0 Å². The lowest BCUT2D eigenvalue weighted by Gasteiger charge is -2.09. The van der Waals surface area contributed by atoms with E-state index < -0.39 is 0 Å². The van der Waals surface area contributed by atoms with Crippen molar-refractivity contribution in [2.75, 3.05) is 18.4 Å². The van der Waals surface area contributed by atoms with Crippen LogP contribution in [-0.4, -0.2) is 29.1 Å². The highest BCUT2D eigenvalue weighted by Crippen LogP contribution is 2.14. The molecule has 0 aliphatic rings. The summed E-state index contributed by atoms with van der Waals surface area (Å²) in [5.74, 6) is 0.499. The average molecular weight is 274 g/mol. The Morgan fingerprint density at radius 2 is 2.25 bits per heavy atom. The van der Waals surface area contributed by atoms with Gasteiger partial charge in [-0.25, -0.2) is 0 Å². The van der Waals surface area contributed by atoms with Crippen LogP contribution in [0.5, 0.6) is 0 Å². The van der Waals surface area contributed by atoms with Gasteiger partial charge in [0.1, 0.15) is 0 Å². The average Bonchev–Trinajstić information content (AvgIpc) is 2.92. The van der Waals surface area contributed by atoms with Crippen LogP contribution in [0.4, 0.5) is 5.69 Å². The SMILES string of the molecule is CCNc1ccc(C(=O)NCCc2ncon2)c(C)c1. The molecule has 20 heavy (non-hydrogen) atoms. The Morgan fingerprint density at radius 1 is 1.40 bits per heavy atom. The van der Waals surface area contributed by atoms with Crippen molar-refractivity contribution < 1.29 is 9.32 Å². The van der Waals surface area contributed by atoms with Crippen molar-refractivity contribution in [1.29, 1.82) is 0 Å². The predicted octanol–water partition coefficient (Wildman–Crippen LogP) is 1.78. The first-order valence-electron chi connectivity index (χ1n) is 6.58. The Labute approximate surface area is 117 Å². The lowest BCUT2D eigenvalue weighted by molar-refractivity contribution is 0.0953. The molecule has 0 saturated heterocycles. The molecule has 0 saturated carbocycles. The molecular formula is C14H18N4O2. The van der Waals surface area contributed by atoms with E-state index >= 15 is 0 Å². The van der Waals surface area contributed by atoms with Crippen molar-refractivity contribution in [3.63, 3.8) is 0 Å². The summed E-state index contributed by atoms with van der Waals surface area (Å²) in [4.78, 5) is 16.0. The first-order valence-corrected chi connectivity index (χ1v) is 6.58. The van der Waals surface area contributed by atoms with Gasteiger partial charge in [-0.3, -0.25) is 4.79 Å². The minimum atomic E-state index is -0.0888. The fourth-order valence-corrected chi connectivity index (χ4v) is 1.92. The summed E-state index contributed by atoms with van der Waals surface area (Å²) in [6.07, 6.45) is 1.83. The van der Waals surface area contributed by atoms with E-state index in [0.717, 1.165) is 17.8 Å². The summed E-state index contributed by atoms with van der Waals surface area (Å²) in [5, 5.41) is 9.76. The second-order valence-corrected chi connectivity index (χ2v) is 4.41. The molecule has 106 valence electrons. The summed E-state index contributed by atoms with van der Waals surface area (Å²) in [5.41, 5.74) is 2.65. The number of carbonyl (C=O) groups is 1. The molecule has 6 heteroatoms. The molecule has 6 nitrogen and oxygen atoms in total. The summed E-state index contributed by atoms with van der Waals surface area (Å²) >= 11 is 0. The number of anilines is 1. The third kappa shape index (κ3) is 3.57. The van der Waals surface area contributed by atoms with Crippen LogP contribution in [-0.2, 0) is 6.42 Å². The molecular weight excluding hydrogens is 256 g/mol. The van der Waals surface area contributed by atoms with Crippen molar-refractivity contribution in [3.8, 4) is 0 Å². The third-order valence-corrected chi connectivity index (χ3v) is 2.89. The number of rotatable bonds is 6. The molecule has 2 rings (SSSR count). The van der Waals surface area contributed by atoms with Crippen molar-refractivity contribution in [3.05, 3.63) is 41.5 Å². The third-order valence-electron chi connectivity index (χ3n) is 2.89. The van der Waals surface area contributed by atoms with Crippen LogP contribution in [0.3, 0.4) is 0 Å². The zero-order chi connectivity index (χ0) is 14.4. The van der Waals surface area contributed by atoms with Crippen LogP contribution in [0.15, 0.2) is 29.1 Å². The van der Waals surface area contributed by atoms with Crippen LogP contribution in [0, 0.1) is 6.92 Å². The van der Waals surface area contributed by atoms with Gasteiger partial charge in [0.2, 0.25) is 6.39 Å². The van der Waals surface area contributed by atoms with E-state index in [1.807, 2.05) is 32.0 Å². The fraction of sp³-hybridized carbons (Fsp3) is 0.357. The van der Waals surface area contributed by atoms with E-state index in [1.54, 1.807) is 0 Å². The monoisotopic (exact) mass is 274 g/mol. The van der Waals surface area contributed by atoms with Gasteiger partial charge in [0, 0.05) is 30.8 Å². The number of aryl methyl sites for hydroxylation is 1. The molecule has 0 aliphatic carbocycles. The van der Waals surface area contributed by atoms with Crippen LogP contribution in [0.1, 0.15) is 28.7 Å². The van der Waals surface area contributed by atoms with Crippen LogP contribution < -0.4 is 10.6 Å². The molecule has 1 aromatic heterocycles. The number of carbonyl (C=O) groups excluding carboxylic acids is 1. The maximum Gasteiger partial charge on any atom is 0.251 e. The van der Waals surface area contributed by atoms with Crippen molar-refractivity contribution >= 4 is 11.6 Å². The first-order chi connectivity index (χ1) is 9.70. The highest BCUT2D eigenvalue weighted by atomic mass is 16.5. The molecule has 0 unspecified atom stereocenters. The molecule has 0 atom stereocenters. The zero-order valence-electron chi connectivity index (χ0n) is 11.6. The normalized spacial score (nSPS) is 10.3. The van der Waals surface area contributed by atoms with E-state index in [1.165, 1.54) is 6.39 Å². The molecule has 0 bridgehead atoms. The van der Waals surface area contributed by atoms with Gasteiger partial charge >= 0.3 is 0 Å². The molecule has 2 aromatic rings. The Kier molecular flexibility index (Phi) is 4.70. The van der Waals surface area contributed by atoms with Gasteiger partial charge < -0.3 is 15.2 Å². The number of aromatic nitrogens is 2. The standard InChI is InChI=1S/C14H18N4O2/c1-3-15-11-4-5-12(10(2)8-11)14(19)16-7-6-13-17-9-20-18-13/h4-5,8-9,15H,3,6-7H2,1-2H3,(H,16,19). The zero-order valence-corrected chi connectivity index (χ0v) is 11.6. The van der Waals surface area contributed by atoms with E-state index in [9.17, 15) is 4.79 Å². The van der Waals surface area contributed by atoms with Crippen molar-refractivity contribution in [2.45, 2.75) is 20.3 Å². The quantitative estimate of drug-likeness (QED) is 0.839. The summed E-state index contributed by atoms with van der Waals surface area (Å²) in [6, 6.07) is 5.71. The van der Waals surface area contributed by atoms with Gasteiger partial charge in [-0.1, -0.05) is 5.16 Å². The Balaban J connectivity index is 1.91. The minimum absolute atomic E-state index is 0.0888. The van der Waals surface area contributed by atoms with Gasteiger partial charge in [-0.15, -0.1) is 0 Å². The summed E-state index contributed by atoms with van der Waals surface area (Å²) < 4.78 is 4.63. The number of amides is 1. The highest BCUT2D eigenvalue weighted by molar-refractivity contribution is 5.96. The molecule has 1 aromatic carbocycles. The van der Waals surface area contributed by atoms with Crippen LogP contribution >= 0.6 is 0 Å². The fourth-order valence-electron chi connectivity index (χ4n) is 1.92. The number of nitrogens with zero attached hydrogens (tertiary/aromatic N) is 2. The number of hydrogen-bond donors (Lipinski definition) is 2. The maximum atomic E-state index is 12.1. The van der Waals surface area contributed by atoms with Gasteiger partial charge in [-0.05, 0) is 37.6 Å². The van der Waals surface area contributed by atoms with Gasteiger partial charge in [0.25, 0.3) is 5.91 Å². The maximum absolute atomic E-state index is 12.1. The molecule has 0 spiro atoms. The lowest BCUT2D eigenvalue weighted by Crippen LogP contribution is -2.26. The largest absolute Gasteiger partial charge is 0.385 e. The summed E-state index contributed by atoms with van der Waals surface area (Å²) in [7, 11) is 0. The van der Waals surface area contributed by atoms with Gasteiger partial charge in [0.15, 0.2) is 5.82 Å². The van der Waals surface area contributed by atoms with Crippen LogP contribution in [0.2, 0.25) is 0 Å². The lowest BCUT2D eigenvalue weighted by atomic mass is 10.1. The predicted molar refractivity (Wildman–Crippen MR) is 75.7 cm³/mol. The Morgan fingerprint density at radius 3 is 2.90 bits per heavy atom. The molecule has 0 radical (unpaired) electrons. The van der Waals surface area contributed by atoms with E-state index in [-0.39, 0.29) is 5.91 Å². The van der Waals surface area contributed by atoms with Crippen molar-refractivity contribution in [1.82, 2.24) is 15.5 Å². The number of benzene rings is 1. The van der Waals surface area contributed by atoms with E-state index in [0.29, 0.717) is 24.4 Å². The molecule has 1 amide bonds. The smallest absolute Gasteiger partial charge is 0.251 e. The first kappa shape index (κ1) is 14.0. The minimum Gasteiger partial charge on any atom is -0.385 e. The topological polar surface area (TPSA) is 80.0 Å². The van der Waals surface area contributed by atoms with Crippen LogP contribution in [0.25, 0.3) is 0 Å². The van der Waals surface area contributed by atoms with E-state index in [2.05, 4.69) is 25.3 Å². The Hall–Kier alpha value is -2.37. The molecule has 1 heterocycles. The van der Waals surface area contributed by atoms with Gasteiger partial charge in [-0.2, -0.15) is 4.98 Å². The second-order valence-electron chi connectivity index (χ2n) is 4.41. The molecule has 2 N–H and O–H groups in total. The second kappa shape index (κ2) is 6.70.